The average molecular weight is 214 g/mol. The fourth-order valence-corrected chi connectivity index (χ4v) is 1.83. The molecule has 0 radical (unpaired) electrons. The lowest BCUT2D eigenvalue weighted by Gasteiger charge is -2.11. The Kier molecular flexibility index (Phi) is 10.4. The van der Waals surface area contributed by atoms with E-state index >= 15 is 0 Å². The topological polar surface area (TPSA) is 20.2 Å². The van der Waals surface area contributed by atoms with Gasteiger partial charge in [-0.15, -0.1) is 0 Å². The van der Waals surface area contributed by atoms with Crippen LogP contribution >= 0.6 is 0 Å². The first-order valence-corrected chi connectivity index (χ1v) is 6.84. The maximum absolute atomic E-state index is 9.70. The van der Waals surface area contributed by atoms with Crippen molar-refractivity contribution in [2.24, 2.45) is 5.92 Å². The first kappa shape index (κ1) is 15.0. The normalized spacial score (nSPS) is 13.4. The minimum absolute atomic E-state index is 0.0430. The predicted molar refractivity (Wildman–Crippen MR) is 68.1 cm³/mol. The third-order valence-electron chi connectivity index (χ3n) is 2.97. The molecule has 0 saturated heterocycles. The van der Waals surface area contributed by atoms with Crippen LogP contribution in [0.25, 0.3) is 0 Å². The minimum atomic E-state index is -0.0430. The van der Waals surface area contributed by atoms with Crippen molar-refractivity contribution in [2.75, 3.05) is 0 Å². The molecule has 15 heavy (non-hydrogen) atoms. The Hall–Kier alpha value is -0.0400. The third kappa shape index (κ3) is 11.9. The van der Waals surface area contributed by atoms with Gasteiger partial charge in [0.15, 0.2) is 0 Å². The quantitative estimate of drug-likeness (QED) is 0.530. The molecule has 1 heteroatoms. The van der Waals surface area contributed by atoms with E-state index in [1.807, 2.05) is 0 Å². The highest BCUT2D eigenvalue weighted by molar-refractivity contribution is 4.58. The standard InChI is InChI=1S/C14H30O/c1-4-5-6-7-8-9-10-14(15)12-11-13(2)3/h13-15H,4-12H2,1-3H3. The van der Waals surface area contributed by atoms with Crippen LogP contribution in [0.4, 0.5) is 0 Å². The summed E-state index contributed by atoms with van der Waals surface area (Å²) in [6, 6.07) is 0. The third-order valence-corrected chi connectivity index (χ3v) is 2.97. The molecule has 0 aromatic heterocycles. The molecule has 0 fully saturated rings. The number of hydrogen-bond donors (Lipinski definition) is 1. The molecule has 0 rings (SSSR count). The van der Waals surface area contributed by atoms with Crippen LogP contribution in [0, 0.1) is 5.92 Å². The van der Waals surface area contributed by atoms with Gasteiger partial charge in [-0.25, -0.2) is 0 Å². The van der Waals surface area contributed by atoms with Gasteiger partial charge in [-0.3, -0.25) is 0 Å². The second kappa shape index (κ2) is 10.5. The fraction of sp³-hybridized carbons (Fsp3) is 1.00. The zero-order valence-corrected chi connectivity index (χ0v) is 11.0. The second-order valence-corrected chi connectivity index (χ2v) is 5.18. The lowest BCUT2D eigenvalue weighted by molar-refractivity contribution is 0.143. The maximum Gasteiger partial charge on any atom is 0.0540 e. The highest BCUT2D eigenvalue weighted by Gasteiger charge is 2.04. The van der Waals surface area contributed by atoms with E-state index in [1.165, 1.54) is 38.5 Å². The molecule has 1 atom stereocenters. The Bertz CT molecular complexity index is 121. The molecular weight excluding hydrogens is 184 g/mol. The summed E-state index contributed by atoms with van der Waals surface area (Å²) in [4.78, 5) is 0. The molecule has 1 nitrogen and oxygen atoms in total. The molecule has 0 aromatic rings. The van der Waals surface area contributed by atoms with Crippen molar-refractivity contribution in [2.45, 2.75) is 84.7 Å². The molecule has 0 aliphatic rings. The van der Waals surface area contributed by atoms with Crippen LogP contribution in [-0.4, -0.2) is 11.2 Å². The van der Waals surface area contributed by atoms with Gasteiger partial charge < -0.3 is 5.11 Å². The van der Waals surface area contributed by atoms with E-state index in [1.54, 1.807) is 0 Å². The van der Waals surface area contributed by atoms with Crippen molar-refractivity contribution in [3.63, 3.8) is 0 Å². The largest absolute Gasteiger partial charge is 0.393 e. The molecule has 0 bridgehead atoms. The van der Waals surface area contributed by atoms with Crippen LogP contribution in [0.1, 0.15) is 78.6 Å². The lowest BCUT2D eigenvalue weighted by atomic mass is 10.0. The van der Waals surface area contributed by atoms with Gasteiger partial charge in [0.2, 0.25) is 0 Å². The zero-order valence-electron chi connectivity index (χ0n) is 11.0. The monoisotopic (exact) mass is 214 g/mol. The van der Waals surface area contributed by atoms with Gasteiger partial charge in [-0.2, -0.15) is 0 Å². The first-order chi connectivity index (χ1) is 7.16. The van der Waals surface area contributed by atoms with Crippen molar-refractivity contribution in [1.82, 2.24) is 0 Å². The Labute approximate surface area is 96.3 Å². The van der Waals surface area contributed by atoms with Gasteiger partial charge >= 0.3 is 0 Å². The van der Waals surface area contributed by atoms with E-state index in [4.69, 9.17) is 0 Å². The molecule has 92 valence electrons. The number of unbranched alkanes of at least 4 members (excludes halogenated alkanes) is 5. The zero-order chi connectivity index (χ0) is 11.5. The second-order valence-electron chi connectivity index (χ2n) is 5.18. The summed E-state index contributed by atoms with van der Waals surface area (Å²) >= 11 is 0. The molecular formula is C14H30O. The van der Waals surface area contributed by atoms with E-state index in [0.717, 1.165) is 25.2 Å². The van der Waals surface area contributed by atoms with Crippen LogP contribution in [0.2, 0.25) is 0 Å². The van der Waals surface area contributed by atoms with Crippen LogP contribution in [0.15, 0.2) is 0 Å². The molecule has 0 aliphatic carbocycles. The summed E-state index contributed by atoms with van der Waals surface area (Å²) in [5.41, 5.74) is 0. The summed E-state index contributed by atoms with van der Waals surface area (Å²) in [6.07, 6.45) is 11.1. The summed E-state index contributed by atoms with van der Waals surface area (Å²) in [5.74, 6) is 0.726. The lowest BCUT2D eigenvalue weighted by Crippen LogP contribution is -2.07. The van der Waals surface area contributed by atoms with E-state index < -0.39 is 0 Å². The first-order valence-electron chi connectivity index (χ1n) is 6.84. The predicted octanol–water partition coefficient (Wildman–Crippen LogP) is 4.53. The Morgan fingerprint density at radius 1 is 0.800 bits per heavy atom. The van der Waals surface area contributed by atoms with E-state index in [0.29, 0.717) is 0 Å². The molecule has 0 heterocycles. The molecule has 1 N–H and O–H groups in total. The number of rotatable bonds is 10. The van der Waals surface area contributed by atoms with Crippen LogP contribution < -0.4 is 0 Å². The van der Waals surface area contributed by atoms with Gasteiger partial charge in [-0.05, 0) is 25.2 Å². The van der Waals surface area contributed by atoms with E-state index in [-0.39, 0.29) is 6.10 Å². The fourth-order valence-electron chi connectivity index (χ4n) is 1.83. The molecule has 0 spiro atoms. The average Bonchev–Trinajstić information content (AvgIpc) is 2.20. The summed E-state index contributed by atoms with van der Waals surface area (Å²) in [5, 5.41) is 9.70. The SMILES string of the molecule is CCCCCCCCC(O)CCC(C)C. The van der Waals surface area contributed by atoms with Crippen molar-refractivity contribution < 1.29 is 5.11 Å². The van der Waals surface area contributed by atoms with Gasteiger partial charge in [0.1, 0.15) is 0 Å². The van der Waals surface area contributed by atoms with Crippen molar-refractivity contribution in [3.8, 4) is 0 Å². The minimum Gasteiger partial charge on any atom is -0.393 e. The van der Waals surface area contributed by atoms with E-state index in [2.05, 4.69) is 20.8 Å². The highest BCUT2D eigenvalue weighted by Crippen LogP contribution is 2.13. The van der Waals surface area contributed by atoms with Gasteiger partial charge in [0.05, 0.1) is 6.10 Å². The number of aliphatic hydroxyl groups is 1. The molecule has 0 saturated carbocycles. The summed E-state index contributed by atoms with van der Waals surface area (Å²) in [7, 11) is 0. The smallest absolute Gasteiger partial charge is 0.0540 e. The summed E-state index contributed by atoms with van der Waals surface area (Å²) in [6.45, 7) is 6.69. The van der Waals surface area contributed by atoms with E-state index in [9.17, 15) is 5.11 Å². The van der Waals surface area contributed by atoms with Crippen LogP contribution in [-0.2, 0) is 0 Å². The Morgan fingerprint density at radius 2 is 1.40 bits per heavy atom. The van der Waals surface area contributed by atoms with Gasteiger partial charge in [0, 0.05) is 0 Å². The molecule has 0 aromatic carbocycles. The number of aliphatic hydroxyl groups excluding tert-OH is 1. The van der Waals surface area contributed by atoms with Gasteiger partial charge in [0.25, 0.3) is 0 Å². The summed E-state index contributed by atoms with van der Waals surface area (Å²) < 4.78 is 0. The highest BCUT2D eigenvalue weighted by atomic mass is 16.3. The van der Waals surface area contributed by atoms with Crippen molar-refractivity contribution in [1.29, 1.82) is 0 Å². The number of hydrogen-bond acceptors (Lipinski definition) is 1. The molecule has 1 unspecified atom stereocenters. The van der Waals surface area contributed by atoms with Crippen molar-refractivity contribution >= 4 is 0 Å². The van der Waals surface area contributed by atoms with Crippen LogP contribution in [0.3, 0.4) is 0 Å². The van der Waals surface area contributed by atoms with Gasteiger partial charge in [-0.1, -0.05) is 59.3 Å². The van der Waals surface area contributed by atoms with Crippen molar-refractivity contribution in [3.05, 3.63) is 0 Å². The Balaban J connectivity index is 3.13. The molecule has 0 aliphatic heterocycles. The van der Waals surface area contributed by atoms with Crippen LogP contribution in [0.5, 0.6) is 0 Å². The maximum atomic E-state index is 9.70. The molecule has 0 amide bonds. The Morgan fingerprint density at radius 3 is 2.00 bits per heavy atom.